The lowest BCUT2D eigenvalue weighted by Gasteiger charge is -2.23. The van der Waals surface area contributed by atoms with Gasteiger partial charge in [0, 0.05) is 18.5 Å². The molecule has 0 bridgehead atoms. The van der Waals surface area contributed by atoms with Gasteiger partial charge >= 0.3 is 0 Å². The van der Waals surface area contributed by atoms with Gasteiger partial charge in [-0.1, -0.05) is 12.8 Å². The topological polar surface area (TPSA) is 89.3 Å². The summed E-state index contributed by atoms with van der Waals surface area (Å²) in [5.41, 5.74) is 5.76. The van der Waals surface area contributed by atoms with Crippen LogP contribution in [-0.4, -0.2) is 37.4 Å². The lowest BCUT2D eigenvalue weighted by atomic mass is 9.94. The zero-order valence-corrected chi connectivity index (χ0v) is 11.5. The van der Waals surface area contributed by atoms with Gasteiger partial charge in [-0.05, 0) is 25.7 Å². The molecule has 1 amide bonds. The van der Waals surface area contributed by atoms with Gasteiger partial charge in [0.05, 0.1) is 11.0 Å². The molecule has 2 fully saturated rings. The number of amides is 1. The third-order valence-corrected chi connectivity index (χ3v) is 6.38. The highest BCUT2D eigenvalue weighted by atomic mass is 32.2. The number of rotatable bonds is 4. The second kappa shape index (κ2) is 5.17. The van der Waals surface area contributed by atoms with E-state index in [1.54, 1.807) is 0 Å². The van der Waals surface area contributed by atoms with E-state index in [9.17, 15) is 13.2 Å². The highest BCUT2D eigenvalue weighted by Gasteiger charge is 2.34. The summed E-state index contributed by atoms with van der Waals surface area (Å²) in [4.78, 5) is 11.8. The maximum atomic E-state index is 11.8. The summed E-state index contributed by atoms with van der Waals surface area (Å²) in [6.45, 7) is 0.247. The number of hydrogen-bond acceptors (Lipinski definition) is 4. The van der Waals surface area contributed by atoms with E-state index < -0.39 is 15.1 Å². The summed E-state index contributed by atoms with van der Waals surface area (Å²) in [5, 5.41) is 2.34. The van der Waals surface area contributed by atoms with E-state index in [2.05, 4.69) is 5.32 Å². The lowest BCUT2D eigenvalue weighted by Crippen LogP contribution is -2.44. The first-order valence-corrected chi connectivity index (χ1v) is 8.40. The SMILES string of the molecule is NC1(CC(=O)NCC2CCCS2(=O)=O)CCCC1. The summed E-state index contributed by atoms with van der Waals surface area (Å²) in [7, 11) is -2.97. The summed E-state index contributed by atoms with van der Waals surface area (Å²) in [6, 6.07) is 0. The van der Waals surface area contributed by atoms with Crippen molar-refractivity contribution in [2.24, 2.45) is 5.73 Å². The Bertz CT molecular complexity index is 413. The first-order valence-electron chi connectivity index (χ1n) is 6.68. The number of carbonyl (C=O) groups excluding carboxylic acids is 1. The molecule has 0 aromatic rings. The van der Waals surface area contributed by atoms with Crippen molar-refractivity contribution in [2.45, 2.75) is 55.7 Å². The fourth-order valence-electron chi connectivity index (χ4n) is 2.95. The second-order valence-corrected chi connectivity index (χ2v) is 8.08. The summed E-state index contributed by atoms with van der Waals surface area (Å²) < 4.78 is 23.2. The van der Waals surface area contributed by atoms with E-state index in [1.165, 1.54) is 0 Å². The van der Waals surface area contributed by atoms with E-state index in [1.807, 2.05) is 0 Å². The molecule has 1 atom stereocenters. The zero-order chi connectivity index (χ0) is 13.2. The van der Waals surface area contributed by atoms with Crippen molar-refractivity contribution in [1.82, 2.24) is 5.32 Å². The molecule has 0 aromatic carbocycles. The average Bonchev–Trinajstić information content (AvgIpc) is 2.82. The molecule has 1 aliphatic carbocycles. The van der Waals surface area contributed by atoms with Gasteiger partial charge in [-0.3, -0.25) is 4.79 Å². The Hall–Kier alpha value is -0.620. The molecule has 1 saturated heterocycles. The third-order valence-electron chi connectivity index (χ3n) is 4.10. The van der Waals surface area contributed by atoms with E-state index >= 15 is 0 Å². The van der Waals surface area contributed by atoms with Crippen LogP contribution in [0, 0.1) is 0 Å². The van der Waals surface area contributed by atoms with Crippen molar-refractivity contribution in [3.63, 3.8) is 0 Å². The minimum absolute atomic E-state index is 0.110. The Labute approximate surface area is 108 Å². The molecule has 5 nitrogen and oxygen atoms in total. The molecule has 0 aromatic heterocycles. The Morgan fingerprint density at radius 2 is 1.94 bits per heavy atom. The van der Waals surface area contributed by atoms with Crippen LogP contribution in [0.2, 0.25) is 0 Å². The Morgan fingerprint density at radius 1 is 1.28 bits per heavy atom. The van der Waals surface area contributed by atoms with Crippen molar-refractivity contribution in [3.8, 4) is 0 Å². The minimum Gasteiger partial charge on any atom is -0.355 e. The number of sulfone groups is 1. The van der Waals surface area contributed by atoms with Crippen LogP contribution in [-0.2, 0) is 14.6 Å². The fourth-order valence-corrected chi connectivity index (χ4v) is 4.72. The van der Waals surface area contributed by atoms with Gasteiger partial charge < -0.3 is 11.1 Å². The summed E-state index contributed by atoms with van der Waals surface area (Å²) >= 11 is 0. The first kappa shape index (κ1) is 13.8. The normalized spacial score (nSPS) is 29.3. The van der Waals surface area contributed by atoms with E-state index in [0.29, 0.717) is 19.3 Å². The Kier molecular flexibility index (Phi) is 3.96. The van der Waals surface area contributed by atoms with Crippen molar-refractivity contribution >= 4 is 15.7 Å². The number of hydrogen-bond donors (Lipinski definition) is 2. The van der Waals surface area contributed by atoms with E-state index in [-0.39, 0.29) is 23.7 Å². The van der Waals surface area contributed by atoms with Gasteiger partial charge in [0.25, 0.3) is 0 Å². The van der Waals surface area contributed by atoms with Crippen LogP contribution in [0.15, 0.2) is 0 Å². The molecular formula is C12H22N2O3S. The van der Waals surface area contributed by atoms with Crippen LogP contribution in [0.5, 0.6) is 0 Å². The number of carbonyl (C=O) groups is 1. The van der Waals surface area contributed by atoms with Crippen molar-refractivity contribution < 1.29 is 13.2 Å². The monoisotopic (exact) mass is 274 g/mol. The van der Waals surface area contributed by atoms with Gasteiger partial charge in [-0.2, -0.15) is 0 Å². The van der Waals surface area contributed by atoms with Crippen LogP contribution in [0.25, 0.3) is 0 Å². The first-order chi connectivity index (χ1) is 8.41. The molecule has 2 aliphatic rings. The van der Waals surface area contributed by atoms with Gasteiger partial charge in [-0.15, -0.1) is 0 Å². The second-order valence-electron chi connectivity index (χ2n) is 5.68. The number of nitrogens with one attached hydrogen (secondary N) is 1. The predicted molar refractivity (Wildman–Crippen MR) is 69.8 cm³/mol. The van der Waals surface area contributed by atoms with Crippen molar-refractivity contribution in [2.75, 3.05) is 12.3 Å². The third kappa shape index (κ3) is 3.23. The summed E-state index contributed by atoms with van der Waals surface area (Å²) in [6.07, 6.45) is 5.64. The maximum absolute atomic E-state index is 11.8. The van der Waals surface area contributed by atoms with Gasteiger partial charge in [0.2, 0.25) is 5.91 Å². The number of nitrogens with two attached hydrogens (primary N) is 1. The van der Waals surface area contributed by atoms with E-state index in [4.69, 9.17) is 5.73 Å². The van der Waals surface area contributed by atoms with Crippen LogP contribution >= 0.6 is 0 Å². The molecule has 0 spiro atoms. The Balaban J connectivity index is 1.78. The maximum Gasteiger partial charge on any atom is 0.221 e. The zero-order valence-electron chi connectivity index (χ0n) is 10.7. The quantitative estimate of drug-likeness (QED) is 0.773. The van der Waals surface area contributed by atoms with Crippen LogP contribution in [0.1, 0.15) is 44.9 Å². The van der Waals surface area contributed by atoms with Crippen molar-refractivity contribution in [1.29, 1.82) is 0 Å². The molecule has 3 N–H and O–H groups in total. The molecule has 0 radical (unpaired) electrons. The lowest BCUT2D eigenvalue weighted by molar-refractivity contribution is -0.122. The molecule has 104 valence electrons. The molecule has 1 aliphatic heterocycles. The standard InChI is InChI=1S/C12H22N2O3S/c13-12(5-1-2-6-12)8-11(15)14-9-10-4-3-7-18(10,16)17/h10H,1-9,13H2,(H,14,15). The fraction of sp³-hybridized carbons (Fsp3) is 0.917. The summed E-state index contributed by atoms with van der Waals surface area (Å²) in [5.74, 6) is 0.149. The van der Waals surface area contributed by atoms with E-state index in [0.717, 1.165) is 25.7 Å². The average molecular weight is 274 g/mol. The highest BCUT2D eigenvalue weighted by molar-refractivity contribution is 7.92. The molecule has 6 heteroatoms. The molecular weight excluding hydrogens is 252 g/mol. The largest absolute Gasteiger partial charge is 0.355 e. The van der Waals surface area contributed by atoms with Crippen molar-refractivity contribution in [3.05, 3.63) is 0 Å². The highest BCUT2D eigenvalue weighted by Crippen LogP contribution is 2.29. The molecule has 1 unspecified atom stereocenters. The van der Waals surface area contributed by atoms with Crippen LogP contribution in [0.3, 0.4) is 0 Å². The Morgan fingerprint density at radius 3 is 2.50 bits per heavy atom. The van der Waals surface area contributed by atoms with Crippen LogP contribution < -0.4 is 11.1 Å². The minimum atomic E-state index is -2.97. The van der Waals surface area contributed by atoms with Gasteiger partial charge in [0.15, 0.2) is 9.84 Å². The van der Waals surface area contributed by atoms with Gasteiger partial charge in [-0.25, -0.2) is 8.42 Å². The molecule has 18 heavy (non-hydrogen) atoms. The smallest absolute Gasteiger partial charge is 0.221 e. The molecule has 1 heterocycles. The molecule has 1 saturated carbocycles. The predicted octanol–water partition coefficient (Wildman–Crippen LogP) is 0.341. The molecule has 2 rings (SSSR count). The van der Waals surface area contributed by atoms with Gasteiger partial charge in [0.1, 0.15) is 0 Å². The van der Waals surface area contributed by atoms with Crippen LogP contribution in [0.4, 0.5) is 0 Å².